The number of hydrogen-bond donors (Lipinski definition) is 0. The molecule has 0 radical (unpaired) electrons. The fourth-order valence-electron chi connectivity index (χ4n) is 1.04. The SMILES string of the molecule is COc1cc(Br)cc(/C=N/[S@@+]([O-])C(C)(C)C)c1. The molecule has 0 saturated heterocycles. The minimum absolute atomic E-state index is 0.341. The van der Waals surface area contributed by atoms with Crippen LogP contribution in [-0.4, -0.2) is 22.6 Å². The Kier molecular flexibility index (Phi) is 5.04. The normalized spacial score (nSPS) is 14.0. The molecule has 1 aromatic rings. The summed E-state index contributed by atoms with van der Waals surface area (Å²) in [6, 6.07) is 5.60. The molecule has 17 heavy (non-hydrogen) atoms. The molecular formula is C12H16BrNO2S. The highest BCUT2D eigenvalue weighted by Gasteiger charge is 2.25. The predicted molar refractivity (Wildman–Crippen MR) is 76.2 cm³/mol. The Morgan fingerprint density at radius 1 is 1.35 bits per heavy atom. The van der Waals surface area contributed by atoms with Gasteiger partial charge in [-0.2, -0.15) is 0 Å². The molecule has 5 heteroatoms. The van der Waals surface area contributed by atoms with Crippen LogP contribution in [0, 0.1) is 0 Å². The van der Waals surface area contributed by atoms with Crippen molar-refractivity contribution >= 4 is 33.5 Å². The Hall–Kier alpha value is -0.520. The maximum absolute atomic E-state index is 11.7. The smallest absolute Gasteiger partial charge is 0.144 e. The van der Waals surface area contributed by atoms with Crippen LogP contribution in [-0.2, 0) is 11.4 Å². The van der Waals surface area contributed by atoms with E-state index in [2.05, 4.69) is 20.3 Å². The van der Waals surface area contributed by atoms with Crippen molar-refractivity contribution in [2.24, 2.45) is 4.40 Å². The first-order valence-corrected chi connectivity index (χ1v) is 7.03. The zero-order valence-corrected chi connectivity index (χ0v) is 12.8. The van der Waals surface area contributed by atoms with Crippen molar-refractivity contribution in [3.8, 4) is 5.75 Å². The first-order chi connectivity index (χ1) is 7.82. The van der Waals surface area contributed by atoms with Crippen molar-refractivity contribution in [3.05, 3.63) is 28.2 Å². The highest BCUT2D eigenvalue weighted by atomic mass is 79.9. The third kappa shape index (κ3) is 4.69. The van der Waals surface area contributed by atoms with Crippen molar-refractivity contribution in [1.29, 1.82) is 0 Å². The Labute approximate surface area is 114 Å². The molecule has 0 spiro atoms. The molecule has 0 bridgehead atoms. The number of ether oxygens (including phenoxy) is 1. The number of hydrogen-bond acceptors (Lipinski definition) is 3. The quantitative estimate of drug-likeness (QED) is 0.634. The lowest BCUT2D eigenvalue weighted by atomic mass is 10.2. The summed E-state index contributed by atoms with van der Waals surface area (Å²) in [6.45, 7) is 5.67. The summed E-state index contributed by atoms with van der Waals surface area (Å²) in [7, 11) is 1.61. The lowest BCUT2D eigenvalue weighted by molar-refractivity contribution is 0.414. The number of halogens is 1. The van der Waals surface area contributed by atoms with Gasteiger partial charge in [0.1, 0.15) is 21.9 Å². The molecular weight excluding hydrogens is 302 g/mol. The van der Waals surface area contributed by atoms with Crippen LogP contribution in [0.3, 0.4) is 0 Å². The fourth-order valence-corrected chi connectivity index (χ4v) is 2.07. The van der Waals surface area contributed by atoms with Gasteiger partial charge in [-0.1, -0.05) is 20.3 Å². The van der Waals surface area contributed by atoms with Gasteiger partial charge in [-0.3, -0.25) is 0 Å². The molecule has 1 rings (SSSR count). The summed E-state index contributed by atoms with van der Waals surface area (Å²) in [5.41, 5.74) is 0.855. The molecule has 0 aromatic heterocycles. The van der Waals surface area contributed by atoms with Crippen LogP contribution in [0.25, 0.3) is 0 Å². The summed E-state index contributed by atoms with van der Waals surface area (Å²) in [4.78, 5) is 0. The van der Waals surface area contributed by atoms with Gasteiger partial charge in [-0.25, -0.2) is 0 Å². The van der Waals surface area contributed by atoms with Crippen molar-refractivity contribution in [2.75, 3.05) is 7.11 Å². The summed E-state index contributed by atoms with van der Waals surface area (Å²) in [6.07, 6.45) is 1.61. The van der Waals surface area contributed by atoms with Crippen LogP contribution in [0.15, 0.2) is 27.1 Å². The fraction of sp³-hybridized carbons (Fsp3) is 0.417. The molecule has 0 heterocycles. The second-order valence-corrected chi connectivity index (χ2v) is 7.37. The molecule has 0 aliphatic heterocycles. The van der Waals surface area contributed by atoms with Crippen molar-refractivity contribution in [3.63, 3.8) is 0 Å². The van der Waals surface area contributed by atoms with E-state index in [1.165, 1.54) is 0 Å². The standard InChI is InChI=1S/C12H16BrNO2S/c1-12(2,3)17(15)14-8-9-5-10(13)7-11(6-9)16-4/h5-8H,1-4H3/b14-8+/t17-/m0/s1. The number of nitrogens with zero attached hydrogens (tertiary/aromatic N) is 1. The molecule has 0 aliphatic carbocycles. The largest absolute Gasteiger partial charge is 0.591 e. The van der Waals surface area contributed by atoms with Gasteiger partial charge in [0.15, 0.2) is 0 Å². The van der Waals surface area contributed by atoms with E-state index in [1.54, 1.807) is 13.3 Å². The first-order valence-electron chi connectivity index (χ1n) is 5.13. The third-order valence-electron chi connectivity index (χ3n) is 1.95. The van der Waals surface area contributed by atoms with Crippen LogP contribution in [0.5, 0.6) is 5.75 Å². The van der Waals surface area contributed by atoms with Gasteiger partial charge in [-0.05, 0) is 39.0 Å². The van der Waals surface area contributed by atoms with Gasteiger partial charge < -0.3 is 9.29 Å². The molecule has 0 aliphatic rings. The molecule has 3 nitrogen and oxygen atoms in total. The van der Waals surface area contributed by atoms with E-state index < -0.39 is 11.4 Å². The molecule has 0 unspecified atom stereocenters. The van der Waals surface area contributed by atoms with Crippen LogP contribution < -0.4 is 4.74 Å². The van der Waals surface area contributed by atoms with Gasteiger partial charge in [-0.15, -0.1) is 0 Å². The zero-order chi connectivity index (χ0) is 13.1. The van der Waals surface area contributed by atoms with Gasteiger partial charge in [0.2, 0.25) is 0 Å². The van der Waals surface area contributed by atoms with Gasteiger partial charge in [0.05, 0.1) is 13.3 Å². The van der Waals surface area contributed by atoms with E-state index in [-0.39, 0.29) is 4.75 Å². The summed E-state index contributed by atoms with van der Waals surface area (Å²) in [5, 5.41) is 0. The Bertz CT molecular complexity index is 415. The molecule has 0 fully saturated rings. The van der Waals surface area contributed by atoms with E-state index in [9.17, 15) is 4.55 Å². The molecule has 1 aromatic carbocycles. The summed E-state index contributed by atoms with van der Waals surface area (Å²) in [5.74, 6) is 0.738. The lowest BCUT2D eigenvalue weighted by Crippen LogP contribution is -2.25. The van der Waals surface area contributed by atoms with E-state index in [0.717, 1.165) is 15.8 Å². The van der Waals surface area contributed by atoms with Crippen LogP contribution in [0.4, 0.5) is 0 Å². The van der Waals surface area contributed by atoms with E-state index in [0.29, 0.717) is 0 Å². The molecule has 94 valence electrons. The highest BCUT2D eigenvalue weighted by Crippen LogP contribution is 2.21. The average Bonchev–Trinajstić information content (AvgIpc) is 2.23. The van der Waals surface area contributed by atoms with Crippen molar-refractivity contribution in [2.45, 2.75) is 25.5 Å². The molecule has 0 amide bonds. The lowest BCUT2D eigenvalue weighted by Gasteiger charge is -2.17. The Morgan fingerprint density at radius 3 is 2.53 bits per heavy atom. The topological polar surface area (TPSA) is 44.6 Å². The van der Waals surface area contributed by atoms with Gasteiger partial charge in [0.25, 0.3) is 0 Å². The minimum atomic E-state index is -1.24. The summed E-state index contributed by atoms with van der Waals surface area (Å²) < 4.78 is 21.5. The van der Waals surface area contributed by atoms with Crippen LogP contribution in [0.2, 0.25) is 0 Å². The van der Waals surface area contributed by atoms with Crippen molar-refractivity contribution in [1.82, 2.24) is 0 Å². The predicted octanol–water partition coefficient (Wildman–Crippen LogP) is 3.34. The first kappa shape index (κ1) is 14.5. The van der Waals surface area contributed by atoms with Gasteiger partial charge in [0, 0.05) is 10.0 Å². The van der Waals surface area contributed by atoms with Crippen LogP contribution >= 0.6 is 15.9 Å². The van der Waals surface area contributed by atoms with E-state index in [4.69, 9.17) is 4.74 Å². The minimum Gasteiger partial charge on any atom is -0.591 e. The second-order valence-electron chi connectivity index (χ2n) is 4.52. The Balaban J connectivity index is 2.88. The van der Waals surface area contributed by atoms with Gasteiger partial charge >= 0.3 is 0 Å². The number of benzene rings is 1. The molecule has 0 N–H and O–H groups in total. The third-order valence-corrected chi connectivity index (χ3v) is 3.75. The maximum atomic E-state index is 11.7. The highest BCUT2D eigenvalue weighted by molar-refractivity contribution is 9.10. The number of methoxy groups -OCH3 is 1. The molecule has 0 saturated carbocycles. The van der Waals surface area contributed by atoms with E-state index in [1.807, 2.05) is 39.0 Å². The maximum Gasteiger partial charge on any atom is 0.144 e. The monoisotopic (exact) mass is 317 g/mol. The van der Waals surface area contributed by atoms with Crippen LogP contribution in [0.1, 0.15) is 26.3 Å². The average molecular weight is 318 g/mol. The second kappa shape index (κ2) is 5.89. The summed E-state index contributed by atoms with van der Waals surface area (Å²) >= 11 is 2.14. The number of rotatable bonds is 3. The van der Waals surface area contributed by atoms with Crippen molar-refractivity contribution < 1.29 is 9.29 Å². The van der Waals surface area contributed by atoms with E-state index >= 15 is 0 Å². The molecule has 1 atom stereocenters. The zero-order valence-electron chi connectivity index (χ0n) is 10.4. The Morgan fingerprint density at radius 2 is 2.00 bits per heavy atom.